The fourth-order valence-electron chi connectivity index (χ4n) is 3.08. The molecule has 2 N–H and O–H groups in total. The summed E-state index contributed by atoms with van der Waals surface area (Å²) in [5.41, 5.74) is 2.66. The highest BCUT2D eigenvalue weighted by Crippen LogP contribution is 2.23. The van der Waals surface area contributed by atoms with E-state index in [1.54, 1.807) is 31.2 Å². The van der Waals surface area contributed by atoms with E-state index in [0.29, 0.717) is 11.1 Å². The summed E-state index contributed by atoms with van der Waals surface area (Å²) in [7, 11) is 0. The van der Waals surface area contributed by atoms with E-state index in [-0.39, 0.29) is 24.7 Å². The van der Waals surface area contributed by atoms with Crippen LogP contribution < -0.4 is 5.32 Å². The molecule has 1 atom stereocenters. The molecular weight excluding hydrogens is 356 g/mol. The number of ether oxygens (including phenoxy) is 1. The summed E-state index contributed by atoms with van der Waals surface area (Å²) < 4.78 is 5.27. The number of Topliss-reactive ketones (excluding diaryl/α,β-unsaturated/α-hetero) is 1. The van der Waals surface area contributed by atoms with Gasteiger partial charge in [-0.3, -0.25) is 14.4 Å². The molecule has 0 aliphatic heterocycles. The van der Waals surface area contributed by atoms with Gasteiger partial charge in [-0.2, -0.15) is 0 Å². The van der Waals surface area contributed by atoms with Crippen molar-refractivity contribution in [3.8, 4) is 0 Å². The Hall–Kier alpha value is -3.41. The number of esters is 1. The number of para-hydroxylation sites is 1. The molecule has 6 heteroatoms. The lowest BCUT2D eigenvalue weighted by molar-refractivity contribution is -0.146. The number of ketones is 1. The first-order valence-corrected chi connectivity index (χ1v) is 9.11. The maximum Gasteiger partial charge on any atom is 0.308 e. The molecule has 6 nitrogen and oxygen atoms in total. The fraction of sp³-hybridized carbons (Fsp3) is 0.227. The number of hydrogen-bond donors (Lipinski definition) is 2. The Bertz CT molecular complexity index is 1010. The number of benzene rings is 2. The van der Waals surface area contributed by atoms with Gasteiger partial charge in [-0.05, 0) is 32.0 Å². The molecule has 0 saturated heterocycles. The zero-order valence-electron chi connectivity index (χ0n) is 15.8. The van der Waals surface area contributed by atoms with Crippen molar-refractivity contribution in [1.29, 1.82) is 0 Å². The zero-order chi connectivity index (χ0) is 20.1. The van der Waals surface area contributed by atoms with Gasteiger partial charge in [0, 0.05) is 34.3 Å². The van der Waals surface area contributed by atoms with Gasteiger partial charge in [0.1, 0.15) is 0 Å². The normalized spacial score (nSPS) is 11.8. The Morgan fingerprint density at radius 2 is 1.71 bits per heavy atom. The standard InChI is InChI=1S/C22H22N2O4/c1-14-20(17-10-6-7-11-18(17)24-14)21(26)15(2)28-19(25)12-13-23-22(27)16-8-4-3-5-9-16/h3-11,15,24H,12-13H2,1-2H3,(H,23,27). The van der Waals surface area contributed by atoms with Crippen molar-refractivity contribution >= 4 is 28.6 Å². The summed E-state index contributed by atoms with van der Waals surface area (Å²) >= 11 is 0. The molecule has 0 aliphatic carbocycles. The number of carbonyl (C=O) groups is 3. The van der Waals surface area contributed by atoms with E-state index in [0.717, 1.165) is 16.6 Å². The van der Waals surface area contributed by atoms with E-state index >= 15 is 0 Å². The maximum atomic E-state index is 12.8. The van der Waals surface area contributed by atoms with Crippen molar-refractivity contribution in [2.24, 2.45) is 0 Å². The first-order valence-electron chi connectivity index (χ1n) is 9.11. The Morgan fingerprint density at radius 1 is 1.04 bits per heavy atom. The highest BCUT2D eigenvalue weighted by atomic mass is 16.5. The molecule has 0 aliphatic rings. The molecule has 1 heterocycles. The van der Waals surface area contributed by atoms with Crippen LogP contribution in [-0.2, 0) is 9.53 Å². The van der Waals surface area contributed by atoms with Crippen molar-refractivity contribution in [1.82, 2.24) is 10.3 Å². The van der Waals surface area contributed by atoms with Gasteiger partial charge >= 0.3 is 5.97 Å². The van der Waals surface area contributed by atoms with Crippen LogP contribution in [-0.4, -0.2) is 35.3 Å². The molecule has 0 fully saturated rings. The number of hydrogen-bond acceptors (Lipinski definition) is 4. The number of carbonyl (C=O) groups excluding carboxylic acids is 3. The van der Waals surface area contributed by atoms with Crippen molar-refractivity contribution < 1.29 is 19.1 Å². The van der Waals surface area contributed by atoms with Crippen LogP contribution in [0.2, 0.25) is 0 Å². The van der Waals surface area contributed by atoms with Crippen LogP contribution >= 0.6 is 0 Å². The lowest BCUT2D eigenvalue weighted by Gasteiger charge is -2.13. The van der Waals surface area contributed by atoms with E-state index in [9.17, 15) is 14.4 Å². The summed E-state index contributed by atoms with van der Waals surface area (Å²) in [6, 6.07) is 16.2. The minimum absolute atomic E-state index is 0.0109. The van der Waals surface area contributed by atoms with Crippen LogP contribution in [0.4, 0.5) is 0 Å². The molecule has 3 rings (SSSR count). The quantitative estimate of drug-likeness (QED) is 0.487. The molecule has 0 saturated carbocycles. The number of aromatic amines is 1. The second-order valence-corrected chi connectivity index (χ2v) is 6.54. The van der Waals surface area contributed by atoms with Crippen LogP contribution in [0.25, 0.3) is 10.9 Å². The van der Waals surface area contributed by atoms with Crippen LogP contribution in [0, 0.1) is 6.92 Å². The monoisotopic (exact) mass is 378 g/mol. The molecule has 28 heavy (non-hydrogen) atoms. The predicted octanol–water partition coefficient (Wildman–Crippen LogP) is 3.41. The lowest BCUT2D eigenvalue weighted by Crippen LogP contribution is -2.29. The SMILES string of the molecule is Cc1[nH]c2ccccc2c1C(=O)C(C)OC(=O)CCNC(=O)c1ccccc1. The van der Waals surface area contributed by atoms with Crippen molar-refractivity contribution in [2.75, 3.05) is 6.54 Å². The Balaban J connectivity index is 1.54. The number of rotatable bonds is 7. The van der Waals surface area contributed by atoms with Gasteiger partial charge in [0.25, 0.3) is 5.91 Å². The minimum atomic E-state index is -0.907. The van der Waals surface area contributed by atoms with Gasteiger partial charge in [0.2, 0.25) is 5.78 Å². The molecule has 1 aromatic heterocycles. The van der Waals surface area contributed by atoms with Crippen LogP contribution in [0.1, 0.15) is 39.8 Å². The van der Waals surface area contributed by atoms with Crippen LogP contribution in [0.3, 0.4) is 0 Å². The summed E-state index contributed by atoms with van der Waals surface area (Å²) in [6.45, 7) is 3.52. The molecular formula is C22H22N2O4. The van der Waals surface area contributed by atoms with E-state index in [2.05, 4.69) is 10.3 Å². The molecule has 144 valence electrons. The second-order valence-electron chi connectivity index (χ2n) is 6.54. The van der Waals surface area contributed by atoms with E-state index in [1.165, 1.54) is 0 Å². The lowest BCUT2D eigenvalue weighted by atomic mass is 10.0. The Labute approximate surface area is 162 Å². The number of H-pyrrole nitrogens is 1. The third-order valence-corrected chi connectivity index (χ3v) is 4.47. The average Bonchev–Trinajstić information content (AvgIpc) is 3.03. The second kappa shape index (κ2) is 8.52. The molecule has 0 bridgehead atoms. The molecule has 2 aromatic carbocycles. The van der Waals surface area contributed by atoms with Crippen molar-refractivity contribution in [3.05, 3.63) is 71.4 Å². The highest BCUT2D eigenvalue weighted by Gasteiger charge is 2.24. The van der Waals surface area contributed by atoms with Gasteiger partial charge < -0.3 is 15.0 Å². The maximum absolute atomic E-state index is 12.8. The zero-order valence-corrected chi connectivity index (χ0v) is 15.8. The molecule has 0 spiro atoms. The topological polar surface area (TPSA) is 88.3 Å². The molecule has 1 unspecified atom stereocenters. The number of amides is 1. The number of fused-ring (bicyclic) bond motifs is 1. The first-order chi connectivity index (χ1) is 13.5. The summed E-state index contributed by atoms with van der Waals surface area (Å²) in [6.07, 6.45) is -0.918. The smallest absolute Gasteiger partial charge is 0.308 e. The summed E-state index contributed by atoms with van der Waals surface area (Å²) in [5, 5.41) is 3.47. The van der Waals surface area contributed by atoms with Gasteiger partial charge in [-0.1, -0.05) is 36.4 Å². The fourth-order valence-corrected chi connectivity index (χ4v) is 3.08. The van der Waals surface area contributed by atoms with Crippen LogP contribution in [0.5, 0.6) is 0 Å². The van der Waals surface area contributed by atoms with E-state index in [4.69, 9.17) is 4.74 Å². The highest BCUT2D eigenvalue weighted by molar-refractivity contribution is 6.11. The Kier molecular flexibility index (Phi) is 5.89. The third kappa shape index (κ3) is 4.28. The molecule has 0 radical (unpaired) electrons. The Morgan fingerprint density at radius 3 is 2.46 bits per heavy atom. The van der Waals surface area contributed by atoms with Gasteiger partial charge in [0.05, 0.1) is 6.42 Å². The van der Waals surface area contributed by atoms with Crippen LogP contribution in [0.15, 0.2) is 54.6 Å². The number of nitrogens with one attached hydrogen (secondary N) is 2. The number of aromatic nitrogens is 1. The van der Waals surface area contributed by atoms with E-state index in [1.807, 2.05) is 37.3 Å². The predicted molar refractivity (Wildman–Crippen MR) is 106 cm³/mol. The summed E-state index contributed by atoms with van der Waals surface area (Å²) in [5.74, 6) is -1.05. The van der Waals surface area contributed by atoms with Gasteiger partial charge in [0.15, 0.2) is 6.10 Å². The minimum Gasteiger partial charge on any atom is -0.454 e. The summed E-state index contributed by atoms with van der Waals surface area (Å²) in [4.78, 5) is 40.0. The average molecular weight is 378 g/mol. The molecule has 3 aromatic rings. The van der Waals surface area contributed by atoms with E-state index < -0.39 is 12.1 Å². The van der Waals surface area contributed by atoms with Crippen molar-refractivity contribution in [2.45, 2.75) is 26.4 Å². The first kappa shape index (κ1) is 19.4. The largest absolute Gasteiger partial charge is 0.454 e. The molecule has 1 amide bonds. The van der Waals surface area contributed by atoms with Crippen molar-refractivity contribution in [3.63, 3.8) is 0 Å². The van der Waals surface area contributed by atoms with Gasteiger partial charge in [-0.25, -0.2) is 0 Å². The number of aryl methyl sites for hydroxylation is 1. The third-order valence-electron chi connectivity index (χ3n) is 4.47. The van der Waals surface area contributed by atoms with Gasteiger partial charge in [-0.15, -0.1) is 0 Å².